The van der Waals surface area contributed by atoms with Gasteiger partial charge in [-0.15, -0.1) is 0 Å². The Kier molecular flexibility index (Phi) is 6.39. The average molecular weight is 311 g/mol. The fraction of sp³-hybridized carbons (Fsp3) is 0.462. The molecule has 120 valence electrons. The predicted octanol–water partition coefficient (Wildman–Crippen LogP) is 2.06. The van der Waals surface area contributed by atoms with E-state index in [2.05, 4.69) is 0 Å². The minimum Gasteiger partial charge on any atom is -0.461 e. The molecular weight excluding hydrogens is 294 g/mol. The van der Waals surface area contributed by atoms with Crippen molar-refractivity contribution in [3.05, 3.63) is 44.0 Å². The molecular formula is C13H17N3O6. The number of nitro groups is 2. The van der Waals surface area contributed by atoms with E-state index in [9.17, 15) is 25.0 Å². The molecule has 1 aromatic carbocycles. The van der Waals surface area contributed by atoms with Gasteiger partial charge in [0.15, 0.2) is 0 Å². The van der Waals surface area contributed by atoms with Gasteiger partial charge in [-0.25, -0.2) is 0 Å². The first-order chi connectivity index (χ1) is 10.3. The SMILES string of the molecule is CC(N)CCCC(=O)OCc1cc([N+](=O)[O-])cc([N+](=O)[O-])c1. The molecule has 0 saturated heterocycles. The Morgan fingerprint density at radius 2 is 1.77 bits per heavy atom. The number of carbonyl (C=O) groups excluding carboxylic acids is 1. The van der Waals surface area contributed by atoms with Crippen LogP contribution in [-0.4, -0.2) is 21.9 Å². The normalized spacial score (nSPS) is 11.7. The molecule has 22 heavy (non-hydrogen) atoms. The third-order valence-corrected chi connectivity index (χ3v) is 2.82. The Labute approximate surface area is 126 Å². The molecule has 0 spiro atoms. The van der Waals surface area contributed by atoms with Gasteiger partial charge in [0.05, 0.1) is 15.9 Å². The Hall–Kier alpha value is -2.55. The van der Waals surface area contributed by atoms with Gasteiger partial charge < -0.3 is 10.5 Å². The predicted molar refractivity (Wildman–Crippen MR) is 77.0 cm³/mol. The summed E-state index contributed by atoms with van der Waals surface area (Å²) in [5.41, 5.74) is 4.91. The first-order valence-electron chi connectivity index (χ1n) is 6.63. The van der Waals surface area contributed by atoms with Crippen LogP contribution in [0.5, 0.6) is 0 Å². The summed E-state index contributed by atoms with van der Waals surface area (Å²) in [6.07, 6.45) is 1.43. The maximum Gasteiger partial charge on any atom is 0.306 e. The second kappa shape index (κ2) is 8.03. The lowest BCUT2D eigenvalue weighted by Crippen LogP contribution is -2.15. The number of hydrogen-bond donors (Lipinski definition) is 1. The maximum atomic E-state index is 11.5. The molecule has 1 unspecified atom stereocenters. The second-order valence-electron chi connectivity index (χ2n) is 4.90. The van der Waals surface area contributed by atoms with Crippen LogP contribution in [0.25, 0.3) is 0 Å². The first kappa shape index (κ1) is 17.5. The van der Waals surface area contributed by atoms with Crippen LogP contribution in [-0.2, 0) is 16.1 Å². The van der Waals surface area contributed by atoms with Gasteiger partial charge in [0, 0.05) is 30.2 Å². The zero-order chi connectivity index (χ0) is 16.7. The molecule has 9 nitrogen and oxygen atoms in total. The van der Waals surface area contributed by atoms with Crippen molar-refractivity contribution in [1.29, 1.82) is 0 Å². The number of nitrogens with zero attached hydrogens (tertiary/aromatic N) is 2. The number of ether oxygens (including phenoxy) is 1. The quantitative estimate of drug-likeness (QED) is 0.440. The largest absolute Gasteiger partial charge is 0.461 e. The van der Waals surface area contributed by atoms with E-state index < -0.39 is 27.2 Å². The molecule has 0 heterocycles. The fourth-order valence-corrected chi connectivity index (χ4v) is 1.75. The van der Waals surface area contributed by atoms with Crippen molar-refractivity contribution in [3.63, 3.8) is 0 Å². The highest BCUT2D eigenvalue weighted by Crippen LogP contribution is 2.23. The highest BCUT2D eigenvalue weighted by Gasteiger charge is 2.17. The molecule has 0 amide bonds. The zero-order valence-electron chi connectivity index (χ0n) is 12.1. The number of benzene rings is 1. The zero-order valence-corrected chi connectivity index (χ0v) is 12.1. The number of carbonyl (C=O) groups is 1. The molecule has 0 aliphatic carbocycles. The molecule has 0 fully saturated rings. The van der Waals surface area contributed by atoms with Crippen LogP contribution in [0.2, 0.25) is 0 Å². The number of hydrogen-bond acceptors (Lipinski definition) is 7. The minimum atomic E-state index is -0.735. The van der Waals surface area contributed by atoms with Gasteiger partial charge in [-0.05, 0) is 19.8 Å². The summed E-state index contributed by atoms with van der Waals surface area (Å²) in [5, 5.41) is 21.5. The van der Waals surface area contributed by atoms with Crippen molar-refractivity contribution in [2.75, 3.05) is 0 Å². The topological polar surface area (TPSA) is 139 Å². The molecule has 1 atom stereocenters. The van der Waals surface area contributed by atoms with Crippen molar-refractivity contribution in [2.45, 2.75) is 38.8 Å². The van der Waals surface area contributed by atoms with Crippen molar-refractivity contribution >= 4 is 17.3 Å². The van der Waals surface area contributed by atoms with Crippen LogP contribution < -0.4 is 5.73 Å². The molecule has 0 aliphatic heterocycles. The number of nitrogens with two attached hydrogens (primary N) is 1. The summed E-state index contributed by atoms with van der Waals surface area (Å²) in [5.74, 6) is -0.477. The summed E-state index contributed by atoms with van der Waals surface area (Å²) in [7, 11) is 0. The van der Waals surface area contributed by atoms with E-state index in [-0.39, 0.29) is 24.6 Å². The molecule has 1 rings (SSSR count). The summed E-state index contributed by atoms with van der Waals surface area (Å²) in [6, 6.07) is 3.13. The second-order valence-corrected chi connectivity index (χ2v) is 4.90. The molecule has 0 saturated carbocycles. The third-order valence-electron chi connectivity index (χ3n) is 2.82. The lowest BCUT2D eigenvalue weighted by molar-refractivity contribution is -0.394. The molecule has 0 bridgehead atoms. The van der Waals surface area contributed by atoms with E-state index in [0.29, 0.717) is 12.8 Å². The Balaban J connectivity index is 2.66. The fourth-order valence-electron chi connectivity index (χ4n) is 1.75. The third kappa shape index (κ3) is 5.83. The van der Waals surface area contributed by atoms with Gasteiger partial charge in [-0.1, -0.05) is 0 Å². The number of nitro benzene ring substituents is 2. The highest BCUT2D eigenvalue weighted by atomic mass is 16.6. The smallest absolute Gasteiger partial charge is 0.306 e. The van der Waals surface area contributed by atoms with E-state index in [4.69, 9.17) is 10.5 Å². The van der Waals surface area contributed by atoms with Gasteiger partial charge >= 0.3 is 5.97 Å². The molecule has 0 aliphatic rings. The van der Waals surface area contributed by atoms with Crippen molar-refractivity contribution in [2.24, 2.45) is 5.73 Å². The molecule has 0 radical (unpaired) electrons. The van der Waals surface area contributed by atoms with Gasteiger partial charge in [0.1, 0.15) is 6.61 Å². The monoisotopic (exact) mass is 311 g/mol. The van der Waals surface area contributed by atoms with Crippen molar-refractivity contribution in [1.82, 2.24) is 0 Å². The van der Waals surface area contributed by atoms with Crippen molar-refractivity contribution in [3.8, 4) is 0 Å². The Morgan fingerprint density at radius 3 is 2.23 bits per heavy atom. The van der Waals surface area contributed by atoms with Crippen LogP contribution in [0.15, 0.2) is 18.2 Å². The number of rotatable bonds is 8. The lowest BCUT2D eigenvalue weighted by atomic mass is 10.1. The summed E-state index contributed by atoms with van der Waals surface area (Å²) in [4.78, 5) is 31.5. The van der Waals surface area contributed by atoms with Crippen LogP contribution in [0.4, 0.5) is 11.4 Å². The summed E-state index contributed by atoms with van der Waals surface area (Å²) >= 11 is 0. The molecule has 0 aromatic heterocycles. The Bertz CT molecular complexity index is 541. The van der Waals surface area contributed by atoms with Gasteiger partial charge in [-0.3, -0.25) is 25.0 Å². The first-order valence-corrected chi connectivity index (χ1v) is 6.63. The van der Waals surface area contributed by atoms with E-state index in [1.807, 2.05) is 6.92 Å². The van der Waals surface area contributed by atoms with E-state index in [0.717, 1.165) is 18.2 Å². The number of non-ortho nitro benzene ring substituents is 2. The van der Waals surface area contributed by atoms with Gasteiger partial charge in [-0.2, -0.15) is 0 Å². The van der Waals surface area contributed by atoms with Crippen LogP contribution >= 0.6 is 0 Å². The van der Waals surface area contributed by atoms with E-state index >= 15 is 0 Å². The standard InChI is InChI=1S/C13H17N3O6/c1-9(14)3-2-4-13(17)22-8-10-5-11(15(18)19)7-12(6-10)16(20)21/h5-7,9H,2-4,8,14H2,1H3. The minimum absolute atomic E-state index is 0.00720. The summed E-state index contributed by atoms with van der Waals surface area (Å²) < 4.78 is 4.95. The average Bonchev–Trinajstić information content (AvgIpc) is 2.44. The van der Waals surface area contributed by atoms with Crippen molar-refractivity contribution < 1.29 is 19.4 Å². The van der Waals surface area contributed by atoms with E-state index in [1.54, 1.807) is 0 Å². The van der Waals surface area contributed by atoms with Crippen LogP contribution in [0.3, 0.4) is 0 Å². The molecule has 9 heteroatoms. The molecule has 1 aromatic rings. The highest BCUT2D eigenvalue weighted by molar-refractivity contribution is 5.69. The van der Waals surface area contributed by atoms with Crippen LogP contribution in [0.1, 0.15) is 31.7 Å². The lowest BCUT2D eigenvalue weighted by Gasteiger charge is -2.06. The number of esters is 1. The van der Waals surface area contributed by atoms with E-state index in [1.165, 1.54) is 0 Å². The summed E-state index contributed by atoms with van der Waals surface area (Å²) in [6.45, 7) is 1.58. The molecule has 2 N–H and O–H groups in total. The van der Waals surface area contributed by atoms with Gasteiger partial charge in [0.2, 0.25) is 0 Å². The Morgan fingerprint density at radius 1 is 1.23 bits per heavy atom. The maximum absolute atomic E-state index is 11.5. The van der Waals surface area contributed by atoms with Gasteiger partial charge in [0.25, 0.3) is 11.4 Å². The van der Waals surface area contributed by atoms with Crippen LogP contribution in [0, 0.1) is 20.2 Å².